The summed E-state index contributed by atoms with van der Waals surface area (Å²) >= 11 is 0. The second-order valence-electron chi connectivity index (χ2n) is 15.2. The number of ether oxygens (including phenoxy) is 1. The minimum atomic E-state index is -0.923. The van der Waals surface area contributed by atoms with Crippen molar-refractivity contribution < 1.29 is 33.4 Å². The summed E-state index contributed by atoms with van der Waals surface area (Å²) in [5.41, 5.74) is 0.761. The number of carbonyl (C=O) groups is 4. The molecule has 2 saturated heterocycles. The van der Waals surface area contributed by atoms with E-state index in [-0.39, 0.29) is 37.2 Å². The summed E-state index contributed by atoms with van der Waals surface area (Å²) in [7, 11) is 0. The van der Waals surface area contributed by atoms with E-state index in [2.05, 4.69) is 15.5 Å². The average Bonchev–Trinajstić information content (AvgIpc) is 3.43. The number of aliphatic hydroxyl groups excluding tert-OH is 1. The molecule has 2 aromatic carbocycles. The van der Waals surface area contributed by atoms with Crippen LogP contribution in [-0.2, 0) is 19.1 Å². The third kappa shape index (κ3) is 10.2. The number of amides is 4. The summed E-state index contributed by atoms with van der Waals surface area (Å²) in [6.45, 7) is 15.5. The monoisotopic (exact) mass is 681 g/mol. The van der Waals surface area contributed by atoms with Gasteiger partial charge in [-0.2, -0.15) is 0 Å². The van der Waals surface area contributed by atoms with Crippen molar-refractivity contribution in [3.8, 4) is 11.1 Å². The van der Waals surface area contributed by atoms with E-state index in [0.29, 0.717) is 43.9 Å². The Morgan fingerprint density at radius 3 is 2.16 bits per heavy atom. The highest BCUT2D eigenvalue weighted by Gasteiger charge is 2.44. The Morgan fingerprint density at radius 2 is 1.57 bits per heavy atom. The van der Waals surface area contributed by atoms with Crippen molar-refractivity contribution in [1.82, 2.24) is 25.3 Å². The molecule has 0 aliphatic carbocycles. The summed E-state index contributed by atoms with van der Waals surface area (Å²) in [5.74, 6) is -1.44. The maximum absolute atomic E-state index is 14.3. The first-order valence-electron chi connectivity index (χ1n) is 17.1. The van der Waals surface area contributed by atoms with E-state index < -0.39 is 47.1 Å². The van der Waals surface area contributed by atoms with Crippen LogP contribution in [0.2, 0.25) is 0 Å². The molecule has 4 atom stereocenters. The van der Waals surface area contributed by atoms with Crippen molar-refractivity contribution >= 4 is 23.8 Å². The molecule has 2 aliphatic heterocycles. The molecular formula is C37H52FN5O6. The molecule has 0 bridgehead atoms. The fourth-order valence-electron chi connectivity index (χ4n) is 6.13. The van der Waals surface area contributed by atoms with Crippen LogP contribution in [0.15, 0.2) is 48.5 Å². The standard InChI is InChI=1S/C37H52FN5O6/c1-24(25-12-14-26(15-13-25)28-10-8-9-11-29(28)38)39-33(46)30-22-27(44)23-43(30)34(47)32(36(2,3)4)40-31(45)16-17-41-18-20-42(21-19-41)35(48)49-37(5,6)7/h8-15,24,27,30,32,44H,16-23H2,1-7H3,(H,39,46)(H,40,45)/t24-,27+,30-,32+/m0/s1. The molecule has 0 unspecified atom stereocenters. The Bertz CT molecular complexity index is 1480. The van der Waals surface area contributed by atoms with Crippen LogP contribution in [0.4, 0.5) is 9.18 Å². The quantitative estimate of drug-likeness (QED) is 0.363. The topological polar surface area (TPSA) is 132 Å². The van der Waals surface area contributed by atoms with Gasteiger partial charge in [-0.3, -0.25) is 19.3 Å². The number of aliphatic hydroxyl groups is 1. The van der Waals surface area contributed by atoms with Gasteiger partial charge in [0.05, 0.1) is 12.1 Å². The van der Waals surface area contributed by atoms with E-state index in [9.17, 15) is 28.7 Å². The van der Waals surface area contributed by atoms with Crippen molar-refractivity contribution in [2.75, 3.05) is 39.3 Å². The summed E-state index contributed by atoms with van der Waals surface area (Å²) in [6, 6.07) is 11.5. The number of benzene rings is 2. The lowest BCUT2D eigenvalue weighted by atomic mass is 9.85. The molecule has 2 aromatic rings. The van der Waals surface area contributed by atoms with Crippen molar-refractivity contribution in [3.05, 3.63) is 59.9 Å². The van der Waals surface area contributed by atoms with Crippen LogP contribution in [0.5, 0.6) is 0 Å². The molecule has 0 spiro atoms. The molecule has 4 rings (SSSR count). The molecule has 0 radical (unpaired) electrons. The van der Waals surface area contributed by atoms with Gasteiger partial charge in [0, 0.05) is 57.7 Å². The van der Waals surface area contributed by atoms with Gasteiger partial charge in [0.1, 0.15) is 23.5 Å². The highest BCUT2D eigenvalue weighted by molar-refractivity contribution is 5.93. The number of β-amino-alcohol motifs (C(OH)–C–C–N with tert-alkyl or cyclic N) is 1. The molecule has 2 aliphatic rings. The summed E-state index contributed by atoms with van der Waals surface area (Å²) in [6.07, 6.45) is -0.992. The van der Waals surface area contributed by atoms with Crippen molar-refractivity contribution in [2.45, 2.75) is 91.1 Å². The molecule has 2 fully saturated rings. The van der Waals surface area contributed by atoms with Crippen molar-refractivity contribution in [1.29, 1.82) is 0 Å². The SMILES string of the molecule is C[C@H](NC(=O)[C@@H]1C[C@@H](O)CN1C(=O)[C@@H](NC(=O)CCN1CCN(C(=O)OC(C)(C)C)CC1)C(C)(C)C)c1ccc(-c2ccccc2F)cc1. The Labute approximate surface area is 289 Å². The average molecular weight is 682 g/mol. The molecule has 11 nitrogen and oxygen atoms in total. The van der Waals surface area contributed by atoms with Crippen molar-refractivity contribution in [3.63, 3.8) is 0 Å². The van der Waals surface area contributed by atoms with E-state index in [1.807, 2.05) is 60.6 Å². The minimum absolute atomic E-state index is 0.0208. The number of nitrogens with one attached hydrogen (secondary N) is 2. The molecular weight excluding hydrogens is 629 g/mol. The van der Waals surface area contributed by atoms with Crippen LogP contribution in [0, 0.1) is 11.2 Å². The Kier molecular flexibility index (Phi) is 12.1. The maximum Gasteiger partial charge on any atom is 0.410 e. The zero-order valence-corrected chi connectivity index (χ0v) is 29.8. The Morgan fingerprint density at radius 1 is 0.939 bits per heavy atom. The second-order valence-corrected chi connectivity index (χ2v) is 15.2. The third-order valence-corrected chi connectivity index (χ3v) is 8.92. The maximum atomic E-state index is 14.3. The molecule has 2 heterocycles. The first-order chi connectivity index (χ1) is 22.9. The summed E-state index contributed by atoms with van der Waals surface area (Å²) < 4.78 is 19.7. The van der Waals surface area contributed by atoms with Crippen LogP contribution in [0.3, 0.4) is 0 Å². The first kappa shape index (κ1) is 37.8. The molecule has 3 N–H and O–H groups in total. The minimum Gasteiger partial charge on any atom is -0.444 e. The molecule has 268 valence electrons. The van der Waals surface area contributed by atoms with Gasteiger partial charge in [-0.1, -0.05) is 63.2 Å². The van der Waals surface area contributed by atoms with Gasteiger partial charge in [-0.05, 0) is 50.3 Å². The smallest absolute Gasteiger partial charge is 0.410 e. The third-order valence-electron chi connectivity index (χ3n) is 8.92. The predicted molar refractivity (Wildman–Crippen MR) is 185 cm³/mol. The van der Waals surface area contributed by atoms with Gasteiger partial charge in [-0.15, -0.1) is 0 Å². The number of halogens is 1. The van der Waals surface area contributed by atoms with Gasteiger partial charge >= 0.3 is 6.09 Å². The fourth-order valence-corrected chi connectivity index (χ4v) is 6.13. The largest absolute Gasteiger partial charge is 0.444 e. The molecule has 49 heavy (non-hydrogen) atoms. The Hall–Kier alpha value is -4.03. The van der Waals surface area contributed by atoms with Gasteiger partial charge in [0.15, 0.2) is 0 Å². The van der Waals surface area contributed by atoms with Gasteiger partial charge in [0.2, 0.25) is 17.7 Å². The number of hydrogen-bond acceptors (Lipinski definition) is 7. The number of hydrogen-bond donors (Lipinski definition) is 3. The van der Waals surface area contributed by atoms with Crippen LogP contribution in [0.25, 0.3) is 11.1 Å². The lowest BCUT2D eigenvalue weighted by Crippen LogP contribution is -2.58. The van der Waals surface area contributed by atoms with Crippen molar-refractivity contribution in [2.24, 2.45) is 5.41 Å². The lowest BCUT2D eigenvalue weighted by Gasteiger charge is -2.36. The zero-order valence-electron chi connectivity index (χ0n) is 29.8. The number of likely N-dealkylation sites (tertiary alicyclic amines) is 1. The van der Waals surface area contributed by atoms with E-state index in [1.54, 1.807) is 35.2 Å². The zero-order chi connectivity index (χ0) is 36.1. The number of piperazine rings is 1. The molecule has 0 aromatic heterocycles. The van der Waals surface area contributed by atoms with Crippen LogP contribution in [-0.4, -0.2) is 107 Å². The summed E-state index contributed by atoms with van der Waals surface area (Å²) in [5, 5.41) is 16.4. The number of nitrogens with zero attached hydrogens (tertiary/aromatic N) is 3. The summed E-state index contributed by atoms with van der Waals surface area (Å²) in [4.78, 5) is 58.2. The van der Waals surface area contributed by atoms with Crippen LogP contribution < -0.4 is 10.6 Å². The number of rotatable bonds is 9. The molecule has 4 amide bonds. The van der Waals surface area contributed by atoms with Crippen LogP contribution in [0.1, 0.15) is 72.9 Å². The van der Waals surface area contributed by atoms with Crippen LogP contribution >= 0.6 is 0 Å². The normalized spacial score (nSPS) is 20.0. The first-order valence-corrected chi connectivity index (χ1v) is 17.1. The highest BCUT2D eigenvalue weighted by atomic mass is 19.1. The molecule has 0 saturated carbocycles. The van der Waals surface area contributed by atoms with E-state index in [1.165, 1.54) is 11.0 Å². The van der Waals surface area contributed by atoms with Gasteiger partial charge < -0.3 is 30.3 Å². The second kappa shape index (κ2) is 15.7. The van der Waals surface area contributed by atoms with Gasteiger partial charge in [-0.25, -0.2) is 9.18 Å². The van der Waals surface area contributed by atoms with E-state index in [0.717, 1.165) is 5.56 Å². The fraction of sp³-hybridized carbons (Fsp3) is 0.568. The highest BCUT2D eigenvalue weighted by Crippen LogP contribution is 2.28. The molecule has 12 heteroatoms. The lowest BCUT2D eigenvalue weighted by molar-refractivity contribution is -0.144. The predicted octanol–water partition coefficient (Wildman–Crippen LogP) is 4.11. The number of carbonyl (C=O) groups excluding carboxylic acids is 4. The van der Waals surface area contributed by atoms with Gasteiger partial charge in [0.25, 0.3) is 0 Å². The van der Waals surface area contributed by atoms with E-state index >= 15 is 0 Å². The van der Waals surface area contributed by atoms with E-state index in [4.69, 9.17) is 4.74 Å². The Balaban J connectivity index is 1.33.